The van der Waals surface area contributed by atoms with Gasteiger partial charge in [-0.1, -0.05) is 57.8 Å². The molecule has 1 aliphatic carbocycles. The van der Waals surface area contributed by atoms with Crippen LogP contribution in [0.3, 0.4) is 0 Å². The Morgan fingerprint density at radius 2 is 1.27 bits per heavy atom. The second-order valence-electron chi connectivity index (χ2n) is 7.79. The Labute approximate surface area is 137 Å². The minimum absolute atomic E-state index is 0.200. The minimum Gasteiger partial charge on any atom is -0.388 e. The molecule has 0 aromatic heterocycles. The molecular weight excluding hydrogens is 276 g/mol. The van der Waals surface area contributed by atoms with Crippen LogP contribution < -0.4 is 0 Å². The Morgan fingerprint density at radius 3 is 1.73 bits per heavy atom. The third kappa shape index (κ3) is 11.4. The predicted molar refractivity (Wildman–Crippen MR) is 92.2 cm³/mol. The summed E-state index contributed by atoms with van der Waals surface area (Å²) in [6.45, 7) is 6.78. The van der Waals surface area contributed by atoms with E-state index < -0.39 is 6.10 Å². The molecule has 1 saturated carbocycles. The van der Waals surface area contributed by atoms with Crippen molar-refractivity contribution in [1.29, 1.82) is 0 Å². The third-order valence-electron chi connectivity index (χ3n) is 4.29. The molecular formula is C19H38O3. The number of hydrogen-bond donors (Lipinski definition) is 1. The molecule has 1 rings (SSSR count). The maximum atomic E-state index is 10.0. The van der Waals surface area contributed by atoms with E-state index in [0.29, 0.717) is 19.3 Å². The highest BCUT2D eigenvalue weighted by Crippen LogP contribution is 2.19. The molecule has 0 aromatic carbocycles. The molecule has 0 amide bonds. The van der Waals surface area contributed by atoms with E-state index in [1.165, 1.54) is 57.8 Å². The highest BCUT2D eigenvalue weighted by Gasteiger charge is 2.16. The lowest BCUT2D eigenvalue weighted by Crippen LogP contribution is -2.30. The molecule has 1 unspecified atom stereocenters. The standard InChI is InChI=1S/C19H38O3/c1-19(2,3)22-16-17(20)15-21-18-13-11-9-7-5-4-6-8-10-12-14-18/h17-18,20H,4-16H2,1-3H3. The van der Waals surface area contributed by atoms with Gasteiger partial charge in [0.05, 0.1) is 24.9 Å². The van der Waals surface area contributed by atoms with Crippen molar-refractivity contribution in [2.24, 2.45) is 0 Å². The zero-order valence-corrected chi connectivity index (χ0v) is 15.1. The molecule has 0 bridgehead atoms. The Bertz CT molecular complexity index is 248. The van der Waals surface area contributed by atoms with Gasteiger partial charge in [0.15, 0.2) is 0 Å². The van der Waals surface area contributed by atoms with Crippen molar-refractivity contribution < 1.29 is 14.6 Å². The van der Waals surface area contributed by atoms with Gasteiger partial charge in [0.2, 0.25) is 0 Å². The van der Waals surface area contributed by atoms with Crippen molar-refractivity contribution >= 4 is 0 Å². The third-order valence-corrected chi connectivity index (χ3v) is 4.29. The molecule has 0 aromatic rings. The Hall–Kier alpha value is -0.120. The van der Waals surface area contributed by atoms with E-state index in [2.05, 4.69) is 0 Å². The summed E-state index contributed by atoms with van der Waals surface area (Å²) in [5, 5.41) is 10.0. The minimum atomic E-state index is -0.513. The Kier molecular flexibility index (Phi) is 10.3. The van der Waals surface area contributed by atoms with Crippen molar-refractivity contribution in [3.63, 3.8) is 0 Å². The average Bonchev–Trinajstić information content (AvgIpc) is 2.44. The van der Waals surface area contributed by atoms with Crippen LogP contribution in [0.1, 0.15) is 91.4 Å². The van der Waals surface area contributed by atoms with Crippen LogP contribution in [0.15, 0.2) is 0 Å². The highest BCUT2D eigenvalue weighted by atomic mass is 16.5. The summed E-state index contributed by atoms with van der Waals surface area (Å²) in [5.41, 5.74) is -0.200. The molecule has 22 heavy (non-hydrogen) atoms. The number of rotatable bonds is 5. The van der Waals surface area contributed by atoms with Crippen LogP contribution in [0.2, 0.25) is 0 Å². The summed E-state index contributed by atoms with van der Waals surface area (Å²) in [6.07, 6.45) is 14.2. The molecule has 3 nitrogen and oxygen atoms in total. The van der Waals surface area contributed by atoms with Crippen LogP contribution in [0.5, 0.6) is 0 Å². The van der Waals surface area contributed by atoms with E-state index in [1.807, 2.05) is 20.8 Å². The summed E-state index contributed by atoms with van der Waals surface area (Å²) in [5.74, 6) is 0. The highest BCUT2D eigenvalue weighted by molar-refractivity contribution is 4.65. The zero-order valence-electron chi connectivity index (χ0n) is 15.1. The van der Waals surface area contributed by atoms with Crippen LogP contribution in [0.25, 0.3) is 0 Å². The van der Waals surface area contributed by atoms with Crippen molar-refractivity contribution in [3.05, 3.63) is 0 Å². The smallest absolute Gasteiger partial charge is 0.101 e. The fourth-order valence-corrected chi connectivity index (χ4v) is 2.93. The van der Waals surface area contributed by atoms with Crippen molar-refractivity contribution in [3.8, 4) is 0 Å². The normalized spacial score (nSPS) is 21.8. The van der Waals surface area contributed by atoms with E-state index in [4.69, 9.17) is 9.47 Å². The molecule has 1 atom stereocenters. The van der Waals surface area contributed by atoms with Gasteiger partial charge in [-0.05, 0) is 33.6 Å². The van der Waals surface area contributed by atoms with Crippen LogP contribution >= 0.6 is 0 Å². The molecule has 0 aliphatic heterocycles. The topological polar surface area (TPSA) is 38.7 Å². The van der Waals surface area contributed by atoms with Gasteiger partial charge in [-0.3, -0.25) is 0 Å². The van der Waals surface area contributed by atoms with E-state index in [9.17, 15) is 5.11 Å². The molecule has 0 radical (unpaired) electrons. The maximum absolute atomic E-state index is 10.0. The quantitative estimate of drug-likeness (QED) is 0.788. The van der Waals surface area contributed by atoms with E-state index in [-0.39, 0.29) is 5.60 Å². The maximum Gasteiger partial charge on any atom is 0.101 e. The molecule has 0 heterocycles. The molecule has 1 fully saturated rings. The van der Waals surface area contributed by atoms with E-state index in [1.54, 1.807) is 0 Å². The lowest BCUT2D eigenvalue weighted by molar-refractivity contribution is -0.0848. The summed E-state index contributed by atoms with van der Waals surface area (Å²) in [6, 6.07) is 0. The van der Waals surface area contributed by atoms with Crippen molar-refractivity contribution in [2.45, 2.75) is 109 Å². The summed E-state index contributed by atoms with van der Waals surface area (Å²) >= 11 is 0. The number of aliphatic hydroxyl groups excluding tert-OH is 1. The monoisotopic (exact) mass is 314 g/mol. The second-order valence-corrected chi connectivity index (χ2v) is 7.79. The van der Waals surface area contributed by atoms with Gasteiger partial charge in [-0.25, -0.2) is 0 Å². The van der Waals surface area contributed by atoms with Crippen LogP contribution in [-0.4, -0.2) is 36.1 Å². The van der Waals surface area contributed by atoms with E-state index >= 15 is 0 Å². The van der Waals surface area contributed by atoms with Gasteiger partial charge in [0.25, 0.3) is 0 Å². The van der Waals surface area contributed by atoms with Crippen molar-refractivity contribution in [2.75, 3.05) is 13.2 Å². The van der Waals surface area contributed by atoms with Gasteiger partial charge < -0.3 is 14.6 Å². The van der Waals surface area contributed by atoms with Gasteiger partial charge >= 0.3 is 0 Å². The Balaban J connectivity index is 2.23. The fraction of sp³-hybridized carbons (Fsp3) is 1.00. The van der Waals surface area contributed by atoms with Crippen LogP contribution in [0.4, 0.5) is 0 Å². The summed E-state index contributed by atoms with van der Waals surface area (Å²) in [4.78, 5) is 0. The molecule has 1 N–H and O–H groups in total. The lowest BCUT2D eigenvalue weighted by Gasteiger charge is -2.24. The molecule has 3 heteroatoms. The van der Waals surface area contributed by atoms with Crippen molar-refractivity contribution in [1.82, 2.24) is 0 Å². The first-order chi connectivity index (χ1) is 10.5. The molecule has 0 spiro atoms. The number of aliphatic hydroxyl groups is 1. The van der Waals surface area contributed by atoms with Gasteiger partial charge in [-0.2, -0.15) is 0 Å². The first kappa shape index (κ1) is 19.9. The van der Waals surface area contributed by atoms with Gasteiger partial charge in [0, 0.05) is 0 Å². The van der Waals surface area contributed by atoms with Crippen LogP contribution in [0, 0.1) is 0 Å². The predicted octanol–water partition coefficient (Wildman–Crippen LogP) is 4.85. The first-order valence-corrected chi connectivity index (χ1v) is 9.41. The van der Waals surface area contributed by atoms with Crippen LogP contribution in [-0.2, 0) is 9.47 Å². The Morgan fingerprint density at radius 1 is 0.818 bits per heavy atom. The molecule has 0 saturated heterocycles. The largest absolute Gasteiger partial charge is 0.388 e. The first-order valence-electron chi connectivity index (χ1n) is 9.41. The average molecular weight is 315 g/mol. The lowest BCUT2D eigenvalue weighted by atomic mass is 9.99. The fourth-order valence-electron chi connectivity index (χ4n) is 2.93. The second kappa shape index (κ2) is 11.4. The number of hydrogen-bond acceptors (Lipinski definition) is 3. The number of ether oxygens (including phenoxy) is 2. The summed E-state index contributed by atoms with van der Waals surface area (Å²) < 4.78 is 11.6. The van der Waals surface area contributed by atoms with E-state index in [0.717, 1.165) is 12.8 Å². The van der Waals surface area contributed by atoms with Gasteiger partial charge in [-0.15, -0.1) is 0 Å². The van der Waals surface area contributed by atoms with Gasteiger partial charge in [0.1, 0.15) is 6.10 Å². The SMILES string of the molecule is CC(C)(C)OCC(O)COC1CCCCCCCCCCC1. The molecule has 1 aliphatic rings. The summed E-state index contributed by atoms with van der Waals surface area (Å²) in [7, 11) is 0. The zero-order chi connectivity index (χ0) is 16.3. The molecule has 132 valence electrons.